The second-order valence-corrected chi connectivity index (χ2v) is 9.60. The highest BCUT2D eigenvalue weighted by atomic mass is 35.5. The normalized spacial score (nSPS) is 12.2. The quantitative estimate of drug-likeness (QED) is 0.820. The molecule has 0 aliphatic rings. The predicted molar refractivity (Wildman–Crippen MR) is 88.9 cm³/mol. The lowest BCUT2D eigenvalue weighted by molar-refractivity contribution is 0.463. The number of rotatable bonds is 4. The van der Waals surface area contributed by atoms with E-state index in [1.54, 1.807) is 25.1 Å². The average molecular weight is 375 g/mol. The molecule has 23 heavy (non-hydrogen) atoms. The van der Waals surface area contributed by atoms with Gasteiger partial charge in [0.05, 0.1) is 4.90 Å². The Labute approximate surface area is 140 Å². The molecule has 8 heteroatoms. The van der Waals surface area contributed by atoms with Gasteiger partial charge in [-0.05, 0) is 42.8 Å². The molecule has 0 heterocycles. The van der Waals surface area contributed by atoms with Gasteiger partial charge in [-0.1, -0.05) is 17.7 Å². The van der Waals surface area contributed by atoms with Crippen LogP contribution < -0.4 is 4.74 Å². The first-order chi connectivity index (χ1) is 10.5. The largest absolute Gasteiger partial charge is 0.456 e. The first kappa shape index (κ1) is 17.8. The Morgan fingerprint density at radius 2 is 1.52 bits per heavy atom. The maximum atomic E-state index is 12.0. The first-order valence-electron chi connectivity index (χ1n) is 6.46. The molecule has 0 aliphatic heterocycles. The summed E-state index contributed by atoms with van der Waals surface area (Å²) in [4.78, 5) is -0.284. The van der Waals surface area contributed by atoms with E-state index in [9.17, 15) is 16.8 Å². The molecule has 0 spiro atoms. The van der Waals surface area contributed by atoms with Crippen LogP contribution in [0.4, 0.5) is 0 Å². The van der Waals surface area contributed by atoms with Crippen molar-refractivity contribution in [2.75, 3.05) is 12.5 Å². The molecule has 0 saturated heterocycles. The van der Waals surface area contributed by atoms with E-state index in [-0.39, 0.29) is 15.5 Å². The highest BCUT2D eigenvalue weighted by Gasteiger charge is 2.20. The van der Waals surface area contributed by atoms with E-state index in [1.165, 1.54) is 12.1 Å². The Balaban J connectivity index is 2.61. The van der Waals surface area contributed by atoms with Crippen LogP contribution in [0.15, 0.2) is 46.2 Å². The van der Waals surface area contributed by atoms with Gasteiger partial charge in [0.2, 0.25) is 0 Å². The van der Waals surface area contributed by atoms with Gasteiger partial charge in [-0.25, -0.2) is 16.8 Å². The summed E-state index contributed by atoms with van der Waals surface area (Å²) in [5.74, 6) is 0.444. The van der Waals surface area contributed by atoms with Crippen LogP contribution in [0.5, 0.6) is 11.5 Å². The molecule has 0 aliphatic carbocycles. The molecule has 2 aromatic rings. The molecule has 0 saturated carbocycles. The Kier molecular flexibility index (Phi) is 4.75. The molecule has 0 atom stereocenters. The summed E-state index contributed by atoms with van der Waals surface area (Å²) in [6.07, 6.45) is 2.00. The zero-order valence-electron chi connectivity index (χ0n) is 12.7. The van der Waals surface area contributed by atoms with E-state index in [0.717, 1.165) is 24.1 Å². The molecule has 0 N–H and O–H groups in total. The Bertz CT molecular complexity index is 963. The molecular formula is C15H15ClO5S2. The molecule has 0 amide bonds. The average Bonchev–Trinajstić information content (AvgIpc) is 2.41. The number of hydrogen-bond donors (Lipinski definition) is 0. The van der Waals surface area contributed by atoms with Crippen molar-refractivity contribution in [3.8, 4) is 11.5 Å². The summed E-state index contributed by atoms with van der Waals surface area (Å²) in [6.45, 7) is 1.79. The fraction of sp³-hybridized carbons (Fsp3) is 0.200. The zero-order chi connectivity index (χ0) is 17.4. The van der Waals surface area contributed by atoms with Crippen molar-refractivity contribution in [3.63, 3.8) is 0 Å². The predicted octanol–water partition coefficient (Wildman–Crippen LogP) is 3.25. The Hall–Kier alpha value is -1.57. The topological polar surface area (TPSA) is 77.5 Å². The molecule has 0 radical (unpaired) electrons. The molecular weight excluding hydrogens is 360 g/mol. The van der Waals surface area contributed by atoms with Crippen molar-refractivity contribution in [1.29, 1.82) is 0 Å². The number of benzene rings is 2. The van der Waals surface area contributed by atoms with Crippen LogP contribution in [0.3, 0.4) is 0 Å². The Morgan fingerprint density at radius 3 is 2.09 bits per heavy atom. The van der Waals surface area contributed by atoms with Crippen molar-refractivity contribution in [2.45, 2.75) is 16.7 Å². The van der Waals surface area contributed by atoms with Crippen LogP contribution in [-0.4, -0.2) is 29.3 Å². The summed E-state index contributed by atoms with van der Waals surface area (Å²) in [5.41, 5.74) is 0.765. The van der Waals surface area contributed by atoms with Gasteiger partial charge in [-0.3, -0.25) is 0 Å². The second-order valence-electron chi connectivity index (χ2n) is 5.16. The van der Waals surface area contributed by atoms with E-state index in [0.29, 0.717) is 10.8 Å². The minimum Gasteiger partial charge on any atom is -0.456 e. The number of halogens is 1. The molecule has 0 unspecified atom stereocenters. The van der Waals surface area contributed by atoms with Crippen molar-refractivity contribution in [1.82, 2.24) is 0 Å². The monoisotopic (exact) mass is 374 g/mol. The van der Waals surface area contributed by atoms with Crippen LogP contribution in [-0.2, 0) is 19.7 Å². The van der Waals surface area contributed by atoms with Crippen LogP contribution in [0, 0.1) is 6.92 Å². The van der Waals surface area contributed by atoms with Gasteiger partial charge in [-0.15, -0.1) is 0 Å². The van der Waals surface area contributed by atoms with Crippen LogP contribution >= 0.6 is 11.6 Å². The van der Waals surface area contributed by atoms with E-state index in [4.69, 9.17) is 16.3 Å². The summed E-state index contributed by atoms with van der Waals surface area (Å²) in [7, 11) is -7.21. The van der Waals surface area contributed by atoms with Gasteiger partial charge >= 0.3 is 0 Å². The van der Waals surface area contributed by atoms with Gasteiger partial charge in [0.15, 0.2) is 19.7 Å². The third-order valence-corrected chi connectivity index (χ3v) is 5.58. The third-order valence-electron chi connectivity index (χ3n) is 3.11. The van der Waals surface area contributed by atoms with E-state index in [2.05, 4.69) is 0 Å². The van der Waals surface area contributed by atoms with E-state index in [1.807, 2.05) is 0 Å². The molecule has 0 fully saturated rings. The third kappa shape index (κ3) is 4.25. The van der Waals surface area contributed by atoms with Gasteiger partial charge in [-0.2, -0.15) is 0 Å². The second kappa shape index (κ2) is 6.14. The van der Waals surface area contributed by atoms with Crippen molar-refractivity contribution in [2.24, 2.45) is 0 Å². The molecule has 5 nitrogen and oxygen atoms in total. The van der Waals surface area contributed by atoms with Crippen molar-refractivity contribution < 1.29 is 21.6 Å². The van der Waals surface area contributed by atoms with Gasteiger partial charge in [0.1, 0.15) is 16.4 Å². The SMILES string of the molecule is Cc1ccc(Cl)cc1Oc1ccc(S(C)(=O)=O)cc1S(C)(=O)=O. The summed E-state index contributed by atoms with van der Waals surface area (Å²) < 4.78 is 52.9. The lowest BCUT2D eigenvalue weighted by atomic mass is 10.2. The van der Waals surface area contributed by atoms with E-state index >= 15 is 0 Å². The smallest absolute Gasteiger partial charge is 0.179 e. The van der Waals surface area contributed by atoms with Gasteiger partial charge in [0.25, 0.3) is 0 Å². The minimum absolute atomic E-state index is 0.0465. The minimum atomic E-state index is -3.68. The fourth-order valence-electron chi connectivity index (χ4n) is 1.90. The molecule has 124 valence electrons. The fourth-order valence-corrected chi connectivity index (χ4v) is 3.60. The lowest BCUT2D eigenvalue weighted by Crippen LogP contribution is -2.04. The zero-order valence-corrected chi connectivity index (χ0v) is 15.1. The maximum absolute atomic E-state index is 12.0. The number of aryl methyl sites for hydroxylation is 1. The molecule has 2 aromatic carbocycles. The standard InChI is InChI=1S/C15H15ClO5S2/c1-10-4-5-11(16)8-14(10)21-13-7-6-12(22(2,17)18)9-15(13)23(3,19)20/h4-9H,1-3H3. The Morgan fingerprint density at radius 1 is 0.870 bits per heavy atom. The van der Waals surface area contributed by atoms with Crippen LogP contribution in [0.2, 0.25) is 5.02 Å². The van der Waals surface area contributed by atoms with Gasteiger partial charge < -0.3 is 4.74 Å². The molecule has 2 rings (SSSR count). The van der Waals surface area contributed by atoms with E-state index < -0.39 is 19.7 Å². The van der Waals surface area contributed by atoms with Crippen LogP contribution in [0.25, 0.3) is 0 Å². The number of hydrogen-bond acceptors (Lipinski definition) is 5. The highest BCUT2D eigenvalue weighted by molar-refractivity contribution is 7.91. The van der Waals surface area contributed by atoms with Crippen molar-refractivity contribution in [3.05, 3.63) is 47.0 Å². The lowest BCUT2D eigenvalue weighted by Gasteiger charge is -2.13. The summed E-state index contributed by atoms with van der Waals surface area (Å²) in [6, 6.07) is 8.72. The maximum Gasteiger partial charge on any atom is 0.179 e. The summed E-state index contributed by atoms with van der Waals surface area (Å²) in [5, 5.41) is 0.444. The number of sulfone groups is 2. The first-order valence-corrected chi connectivity index (χ1v) is 10.6. The number of ether oxygens (including phenoxy) is 1. The van der Waals surface area contributed by atoms with Crippen LogP contribution in [0.1, 0.15) is 5.56 Å². The highest BCUT2D eigenvalue weighted by Crippen LogP contribution is 2.33. The molecule has 0 bridgehead atoms. The summed E-state index contributed by atoms with van der Waals surface area (Å²) >= 11 is 5.92. The van der Waals surface area contributed by atoms with Gasteiger partial charge in [0, 0.05) is 17.5 Å². The van der Waals surface area contributed by atoms with Crippen molar-refractivity contribution >= 4 is 31.3 Å². The molecule has 0 aromatic heterocycles.